The summed E-state index contributed by atoms with van der Waals surface area (Å²) in [6.07, 6.45) is 1.71. The summed E-state index contributed by atoms with van der Waals surface area (Å²) in [7, 11) is 4.26. The SMILES string of the molecule is COCCN(CCC(=O)OC)Cc1ccoc1C(=O)OC. The molecule has 0 aliphatic rings. The lowest BCUT2D eigenvalue weighted by atomic mass is 10.2. The van der Waals surface area contributed by atoms with Gasteiger partial charge < -0.3 is 18.6 Å². The van der Waals surface area contributed by atoms with Gasteiger partial charge in [0.15, 0.2) is 0 Å². The molecule has 0 aromatic carbocycles. The van der Waals surface area contributed by atoms with E-state index < -0.39 is 5.97 Å². The summed E-state index contributed by atoms with van der Waals surface area (Å²) in [5, 5.41) is 0. The van der Waals surface area contributed by atoms with Crippen LogP contribution in [0.4, 0.5) is 0 Å². The third-order valence-electron chi connectivity index (χ3n) is 2.98. The molecule has 0 radical (unpaired) electrons. The van der Waals surface area contributed by atoms with Crippen molar-refractivity contribution >= 4 is 11.9 Å². The molecule has 0 spiro atoms. The van der Waals surface area contributed by atoms with Gasteiger partial charge >= 0.3 is 11.9 Å². The Morgan fingerprint density at radius 3 is 2.57 bits per heavy atom. The summed E-state index contributed by atoms with van der Waals surface area (Å²) in [6, 6.07) is 1.71. The summed E-state index contributed by atoms with van der Waals surface area (Å²) < 4.78 is 19.5. The molecule has 7 nitrogen and oxygen atoms in total. The van der Waals surface area contributed by atoms with Crippen molar-refractivity contribution in [3.8, 4) is 0 Å². The smallest absolute Gasteiger partial charge is 0.374 e. The number of carbonyl (C=O) groups is 2. The number of nitrogens with zero attached hydrogens (tertiary/aromatic N) is 1. The second-order valence-electron chi connectivity index (χ2n) is 4.36. The van der Waals surface area contributed by atoms with E-state index in [0.717, 1.165) is 0 Å². The van der Waals surface area contributed by atoms with Gasteiger partial charge in [0.2, 0.25) is 5.76 Å². The van der Waals surface area contributed by atoms with Crippen LogP contribution in [0.2, 0.25) is 0 Å². The predicted molar refractivity (Wildman–Crippen MR) is 73.8 cm³/mol. The van der Waals surface area contributed by atoms with Gasteiger partial charge in [0.1, 0.15) is 0 Å². The quantitative estimate of drug-likeness (QED) is 0.631. The average Bonchev–Trinajstić information content (AvgIpc) is 2.96. The van der Waals surface area contributed by atoms with Crippen LogP contribution in [0, 0.1) is 0 Å². The molecular weight excluding hydrogens is 278 g/mol. The summed E-state index contributed by atoms with van der Waals surface area (Å²) in [5.74, 6) is -0.620. The van der Waals surface area contributed by atoms with Gasteiger partial charge in [-0.1, -0.05) is 0 Å². The molecule has 21 heavy (non-hydrogen) atoms. The highest BCUT2D eigenvalue weighted by molar-refractivity contribution is 5.87. The molecule has 0 amide bonds. The summed E-state index contributed by atoms with van der Waals surface area (Å²) in [4.78, 5) is 24.8. The summed E-state index contributed by atoms with van der Waals surface area (Å²) >= 11 is 0. The molecule has 0 fully saturated rings. The first kappa shape index (κ1) is 17.2. The first-order valence-corrected chi connectivity index (χ1v) is 6.55. The average molecular weight is 299 g/mol. The van der Waals surface area contributed by atoms with E-state index in [0.29, 0.717) is 31.8 Å². The minimum absolute atomic E-state index is 0.179. The molecule has 0 aliphatic heterocycles. The van der Waals surface area contributed by atoms with E-state index in [1.807, 2.05) is 4.90 Å². The van der Waals surface area contributed by atoms with E-state index in [2.05, 4.69) is 9.47 Å². The first-order chi connectivity index (χ1) is 10.1. The van der Waals surface area contributed by atoms with Gasteiger partial charge in [0, 0.05) is 32.3 Å². The van der Waals surface area contributed by atoms with Gasteiger partial charge in [-0.05, 0) is 6.07 Å². The molecule has 0 unspecified atom stereocenters. The number of furan rings is 1. The molecule has 0 atom stereocenters. The number of rotatable bonds is 9. The van der Waals surface area contributed by atoms with E-state index in [9.17, 15) is 9.59 Å². The van der Waals surface area contributed by atoms with E-state index in [-0.39, 0.29) is 18.2 Å². The van der Waals surface area contributed by atoms with Crippen LogP contribution in [-0.4, -0.2) is 57.9 Å². The van der Waals surface area contributed by atoms with Crippen LogP contribution < -0.4 is 0 Å². The van der Waals surface area contributed by atoms with Crippen molar-refractivity contribution < 1.29 is 28.2 Å². The van der Waals surface area contributed by atoms with E-state index in [4.69, 9.17) is 9.15 Å². The molecule has 1 heterocycles. The fourth-order valence-corrected chi connectivity index (χ4v) is 1.81. The van der Waals surface area contributed by atoms with E-state index >= 15 is 0 Å². The molecule has 0 bridgehead atoms. The highest BCUT2D eigenvalue weighted by Crippen LogP contribution is 2.14. The third-order valence-corrected chi connectivity index (χ3v) is 2.98. The largest absolute Gasteiger partial charge is 0.469 e. The monoisotopic (exact) mass is 299 g/mol. The van der Waals surface area contributed by atoms with Crippen molar-refractivity contribution in [2.45, 2.75) is 13.0 Å². The molecule has 118 valence electrons. The van der Waals surface area contributed by atoms with Gasteiger partial charge in [-0.3, -0.25) is 9.69 Å². The Morgan fingerprint density at radius 2 is 1.95 bits per heavy atom. The predicted octanol–water partition coefficient (Wildman–Crippen LogP) is 1.08. The lowest BCUT2D eigenvalue weighted by Gasteiger charge is -2.21. The van der Waals surface area contributed by atoms with Gasteiger partial charge in [-0.25, -0.2) is 4.79 Å². The second kappa shape index (κ2) is 9.15. The van der Waals surface area contributed by atoms with Crippen LogP contribution in [0.1, 0.15) is 22.5 Å². The minimum Gasteiger partial charge on any atom is -0.469 e. The molecule has 1 rings (SSSR count). The lowest BCUT2D eigenvalue weighted by molar-refractivity contribution is -0.141. The number of hydrogen-bond acceptors (Lipinski definition) is 7. The van der Waals surface area contributed by atoms with Crippen LogP contribution >= 0.6 is 0 Å². The maximum atomic E-state index is 11.6. The van der Waals surface area contributed by atoms with Gasteiger partial charge in [0.05, 0.1) is 33.5 Å². The topological polar surface area (TPSA) is 78.2 Å². The summed E-state index contributed by atoms with van der Waals surface area (Å²) in [6.45, 7) is 2.11. The first-order valence-electron chi connectivity index (χ1n) is 6.55. The molecule has 0 saturated carbocycles. The lowest BCUT2D eigenvalue weighted by Crippen LogP contribution is -2.30. The molecule has 0 aliphatic carbocycles. The Hall–Kier alpha value is -1.86. The Kier molecular flexibility index (Phi) is 7.49. The van der Waals surface area contributed by atoms with E-state index in [1.54, 1.807) is 13.2 Å². The fraction of sp³-hybridized carbons (Fsp3) is 0.571. The Morgan fingerprint density at radius 1 is 1.19 bits per heavy atom. The van der Waals surface area contributed by atoms with Crippen LogP contribution in [0.5, 0.6) is 0 Å². The standard InChI is InChI=1S/C14H21NO6/c1-18-9-7-15(6-4-12(16)19-2)10-11-5-8-21-13(11)14(17)20-3/h5,8H,4,6-7,9-10H2,1-3H3. The number of ether oxygens (including phenoxy) is 3. The van der Waals surface area contributed by atoms with Gasteiger partial charge in [0.25, 0.3) is 0 Å². The zero-order chi connectivity index (χ0) is 15.7. The van der Waals surface area contributed by atoms with Gasteiger partial charge in [-0.15, -0.1) is 0 Å². The molecule has 0 N–H and O–H groups in total. The highest BCUT2D eigenvalue weighted by atomic mass is 16.5. The van der Waals surface area contributed by atoms with Crippen molar-refractivity contribution in [2.75, 3.05) is 41.0 Å². The molecule has 0 saturated heterocycles. The molecular formula is C14H21NO6. The van der Waals surface area contributed by atoms with Crippen molar-refractivity contribution in [3.63, 3.8) is 0 Å². The molecule has 1 aromatic heterocycles. The van der Waals surface area contributed by atoms with Crippen molar-refractivity contribution in [2.24, 2.45) is 0 Å². The Labute approximate surface area is 123 Å². The third kappa shape index (κ3) is 5.57. The van der Waals surface area contributed by atoms with Crippen molar-refractivity contribution in [1.82, 2.24) is 4.90 Å². The van der Waals surface area contributed by atoms with Crippen molar-refractivity contribution in [3.05, 3.63) is 23.7 Å². The maximum Gasteiger partial charge on any atom is 0.374 e. The minimum atomic E-state index is -0.519. The second-order valence-corrected chi connectivity index (χ2v) is 4.36. The molecule has 7 heteroatoms. The fourth-order valence-electron chi connectivity index (χ4n) is 1.81. The zero-order valence-corrected chi connectivity index (χ0v) is 12.6. The zero-order valence-electron chi connectivity index (χ0n) is 12.6. The Balaban J connectivity index is 2.69. The number of carbonyl (C=O) groups excluding carboxylic acids is 2. The van der Waals surface area contributed by atoms with E-state index in [1.165, 1.54) is 20.5 Å². The Bertz CT molecular complexity index is 456. The van der Waals surface area contributed by atoms with Gasteiger partial charge in [-0.2, -0.15) is 0 Å². The van der Waals surface area contributed by atoms with Crippen LogP contribution in [0.25, 0.3) is 0 Å². The van der Waals surface area contributed by atoms with Crippen LogP contribution in [0.3, 0.4) is 0 Å². The normalized spacial score (nSPS) is 10.7. The number of hydrogen-bond donors (Lipinski definition) is 0. The summed E-state index contributed by atoms with van der Waals surface area (Å²) in [5.41, 5.74) is 0.711. The van der Waals surface area contributed by atoms with Crippen molar-refractivity contribution in [1.29, 1.82) is 0 Å². The maximum absolute atomic E-state index is 11.6. The van der Waals surface area contributed by atoms with Crippen LogP contribution in [0.15, 0.2) is 16.7 Å². The highest BCUT2D eigenvalue weighted by Gasteiger charge is 2.18. The van der Waals surface area contributed by atoms with Crippen LogP contribution in [-0.2, 0) is 25.5 Å². The number of methoxy groups -OCH3 is 3. The number of esters is 2. The molecule has 1 aromatic rings.